The number of pyridine rings is 1. The summed E-state index contributed by atoms with van der Waals surface area (Å²) in [7, 11) is 0. The van der Waals surface area contributed by atoms with Crippen LogP contribution in [0.2, 0.25) is 0 Å². The first kappa shape index (κ1) is 14.1. The molecule has 1 aromatic carbocycles. The maximum Gasteiger partial charge on any atom is 0.126 e. The predicted octanol–water partition coefficient (Wildman–Crippen LogP) is 3.32. The molecule has 2 unspecified atom stereocenters. The van der Waals surface area contributed by atoms with Gasteiger partial charge >= 0.3 is 0 Å². The monoisotopic (exact) mass is 281 g/mol. The van der Waals surface area contributed by atoms with E-state index in [0.717, 1.165) is 25.5 Å². The largest absolute Gasteiger partial charge is 0.366 e. The number of likely N-dealkylation sites (tertiary alicyclic amines) is 1. The Hall–Kier alpha value is -1.87. The third kappa shape index (κ3) is 3.61. The lowest BCUT2D eigenvalue weighted by atomic mass is 10.1. The molecule has 1 aliphatic heterocycles. The molecule has 0 bridgehead atoms. The van der Waals surface area contributed by atoms with Crippen LogP contribution in [0.25, 0.3) is 0 Å². The predicted molar refractivity (Wildman–Crippen MR) is 87.3 cm³/mol. The lowest BCUT2D eigenvalue weighted by Gasteiger charge is -2.18. The Labute approximate surface area is 127 Å². The highest BCUT2D eigenvalue weighted by Gasteiger charge is 2.29. The fourth-order valence-corrected chi connectivity index (χ4v) is 2.97. The summed E-state index contributed by atoms with van der Waals surface area (Å²) in [6.45, 7) is 7.63. The van der Waals surface area contributed by atoms with Crippen molar-refractivity contribution in [3.8, 4) is 0 Å². The Balaban J connectivity index is 1.59. The molecule has 2 atom stereocenters. The van der Waals surface area contributed by atoms with Crippen LogP contribution in [-0.2, 0) is 6.54 Å². The molecule has 110 valence electrons. The molecule has 0 amide bonds. The zero-order valence-corrected chi connectivity index (χ0v) is 12.8. The van der Waals surface area contributed by atoms with Crippen molar-refractivity contribution < 1.29 is 0 Å². The Bertz CT molecular complexity index is 565. The van der Waals surface area contributed by atoms with Crippen molar-refractivity contribution in [3.63, 3.8) is 0 Å². The van der Waals surface area contributed by atoms with E-state index < -0.39 is 0 Å². The fraction of sp³-hybridized carbons (Fsp3) is 0.389. The molecule has 0 spiro atoms. The van der Waals surface area contributed by atoms with Gasteiger partial charge in [0.05, 0.1) is 0 Å². The summed E-state index contributed by atoms with van der Waals surface area (Å²) in [5, 5.41) is 3.58. The Morgan fingerprint density at radius 3 is 2.67 bits per heavy atom. The summed E-state index contributed by atoms with van der Waals surface area (Å²) in [6, 6.07) is 15.4. The highest BCUT2D eigenvalue weighted by atomic mass is 15.2. The second kappa shape index (κ2) is 6.27. The summed E-state index contributed by atoms with van der Waals surface area (Å²) in [5.41, 5.74) is 2.59. The molecule has 1 fully saturated rings. The molecule has 3 rings (SSSR count). The Kier molecular flexibility index (Phi) is 4.20. The lowest BCUT2D eigenvalue weighted by Crippen LogP contribution is -2.28. The molecule has 1 N–H and O–H groups in total. The Morgan fingerprint density at radius 1 is 1.14 bits per heavy atom. The molecular formula is C18H23N3. The molecule has 2 aromatic rings. The van der Waals surface area contributed by atoms with E-state index in [9.17, 15) is 0 Å². The minimum absolute atomic E-state index is 0.476. The number of anilines is 1. The SMILES string of the molecule is Cc1ccc(NC2CN(Cc3ccccc3)CC2C)nc1. The first-order valence-electron chi connectivity index (χ1n) is 7.66. The van der Waals surface area contributed by atoms with Crippen LogP contribution >= 0.6 is 0 Å². The number of hydrogen-bond acceptors (Lipinski definition) is 3. The van der Waals surface area contributed by atoms with Crippen molar-refractivity contribution in [1.29, 1.82) is 0 Å². The van der Waals surface area contributed by atoms with Crippen LogP contribution in [0.4, 0.5) is 5.82 Å². The third-order valence-corrected chi connectivity index (χ3v) is 4.18. The van der Waals surface area contributed by atoms with E-state index in [0.29, 0.717) is 12.0 Å². The van der Waals surface area contributed by atoms with E-state index in [-0.39, 0.29) is 0 Å². The van der Waals surface area contributed by atoms with E-state index in [4.69, 9.17) is 0 Å². The molecule has 2 heterocycles. The summed E-state index contributed by atoms with van der Waals surface area (Å²) in [5.74, 6) is 1.62. The van der Waals surface area contributed by atoms with Gasteiger partial charge in [-0.3, -0.25) is 4.90 Å². The van der Waals surface area contributed by atoms with E-state index >= 15 is 0 Å². The highest BCUT2D eigenvalue weighted by Crippen LogP contribution is 2.21. The quantitative estimate of drug-likeness (QED) is 0.932. The number of aryl methyl sites for hydroxylation is 1. The second-order valence-electron chi connectivity index (χ2n) is 6.13. The van der Waals surface area contributed by atoms with Gasteiger partial charge in [-0.15, -0.1) is 0 Å². The van der Waals surface area contributed by atoms with E-state index in [1.165, 1.54) is 11.1 Å². The molecular weight excluding hydrogens is 258 g/mol. The topological polar surface area (TPSA) is 28.2 Å². The molecule has 3 nitrogen and oxygen atoms in total. The Morgan fingerprint density at radius 2 is 1.95 bits per heavy atom. The van der Waals surface area contributed by atoms with Crippen molar-refractivity contribution >= 4 is 5.82 Å². The van der Waals surface area contributed by atoms with Gasteiger partial charge in [0, 0.05) is 31.9 Å². The molecule has 0 saturated carbocycles. The van der Waals surface area contributed by atoms with Crippen molar-refractivity contribution in [2.45, 2.75) is 26.4 Å². The third-order valence-electron chi connectivity index (χ3n) is 4.18. The second-order valence-corrected chi connectivity index (χ2v) is 6.13. The van der Waals surface area contributed by atoms with Gasteiger partial charge < -0.3 is 5.32 Å². The van der Waals surface area contributed by atoms with Crippen molar-refractivity contribution in [2.75, 3.05) is 18.4 Å². The molecule has 21 heavy (non-hydrogen) atoms. The summed E-state index contributed by atoms with van der Waals surface area (Å²) in [6.07, 6.45) is 1.92. The molecule has 1 saturated heterocycles. The number of aromatic nitrogens is 1. The number of rotatable bonds is 4. The average Bonchev–Trinajstić information content (AvgIpc) is 2.82. The van der Waals surface area contributed by atoms with Gasteiger partial charge in [-0.05, 0) is 30.0 Å². The first-order valence-corrected chi connectivity index (χ1v) is 7.66. The van der Waals surface area contributed by atoms with Crippen molar-refractivity contribution in [2.24, 2.45) is 5.92 Å². The standard InChI is InChI=1S/C18H23N3/c1-14-8-9-18(19-10-14)20-17-13-21(11-15(17)2)12-16-6-4-3-5-7-16/h3-10,15,17H,11-13H2,1-2H3,(H,19,20). The van der Waals surface area contributed by atoms with Gasteiger partial charge in [0.25, 0.3) is 0 Å². The van der Waals surface area contributed by atoms with Gasteiger partial charge in [0.2, 0.25) is 0 Å². The first-order chi connectivity index (χ1) is 10.2. The maximum absolute atomic E-state index is 4.46. The molecule has 3 heteroatoms. The van der Waals surface area contributed by atoms with Crippen LogP contribution < -0.4 is 5.32 Å². The van der Waals surface area contributed by atoms with E-state index in [1.54, 1.807) is 0 Å². The molecule has 1 aromatic heterocycles. The highest BCUT2D eigenvalue weighted by molar-refractivity contribution is 5.37. The van der Waals surface area contributed by atoms with Gasteiger partial charge in [0.1, 0.15) is 5.82 Å². The van der Waals surface area contributed by atoms with Crippen LogP contribution in [0.1, 0.15) is 18.1 Å². The van der Waals surface area contributed by atoms with E-state index in [2.05, 4.69) is 71.5 Å². The number of benzene rings is 1. The minimum atomic E-state index is 0.476. The molecule has 0 radical (unpaired) electrons. The van der Waals surface area contributed by atoms with Crippen LogP contribution in [0, 0.1) is 12.8 Å². The summed E-state index contributed by atoms with van der Waals surface area (Å²) in [4.78, 5) is 6.98. The number of hydrogen-bond donors (Lipinski definition) is 1. The normalized spacial score (nSPS) is 22.4. The van der Waals surface area contributed by atoms with Crippen molar-refractivity contribution in [1.82, 2.24) is 9.88 Å². The van der Waals surface area contributed by atoms with Crippen LogP contribution in [0.3, 0.4) is 0 Å². The number of nitrogens with one attached hydrogen (secondary N) is 1. The van der Waals surface area contributed by atoms with Crippen LogP contribution in [0.5, 0.6) is 0 Å². The van der Waals surface area contributed by atoms with E-state index in [1.807, 2.05) is 6.20 Å². The van der Waals surface area contributed by atoms with Crippen LogP contribution in [0.15, 0.2) is 48.7 Å². The summed E-state index contributed by atoms with van der Waals surface area (Å²) < 4.78 is 0. The van der Waals surface area contributed by atoms with Gasteiger partial charge in [0.15, 0.2) is 0 Å². The minimum Gasteiger partial charge on any atom is -0.366 e. The van der Waals surface area contributed by atoms with Gasteiger partial charge in [-0.25, -0.2) is 4.98 Å². The number of nitrogens with zero attached hydrogens (tertiary/aromatic N) is 2. The summed E-state index contributed by atoms with van der Waals surface area (Å²) >= 11 is 0. The average molecular weight is 281 g/mol. The van der Waals surface area contributed by atoms with Crippen LogP contribution in [-0.4, -0.2) is 29.0 Å². The zero-order chi connectivity index (χ0) is 14.7. The smallest absolute Gasteiger partial charge is 0.126 e. The maximum atomic E-state index is 4.46. The van der Waals surface area contributed by atoms with Gasteiger partial charge in [-0.2, -0.15) is 0 Å². The van der Waals surface area contributed by atoms with Gasteiger partial charge in [-0.1, -0.05) is 43.3 Å². The lowest BCUT2D eigenvalue weighted by molar-refractivity contribution is 0.319. The zero-order valence-electron chi connectivity index (χ0n) is 12.8. The van der Waals surface area contributed by atoms with Crippen molar-refractivity contribution in [3.05, 3.63) is 59.8 Å². The molecule has 0 aliphatic carbocycles. The molecule has 1 aliphatic rings. The fourth-order valence-electron chi connectivity index (χ4n) is 2.97.